The maximum Gasteiger partial charge on any atom is 0.249 e. The minimum absolute atomic E-state index is 0.0828. The summed E-state index contributed by atoms with van der Waals surface area (Å²) in [5.41, 5.74) is 0. The number of nitrogens with zero attached hydrogens (tertiary/aromatic N) is 3. The lowest BCUT2D eigenvalue weighted by molar-refractivity contribution is -0.132. The maximum absolute atomic E-state index is 11.7. The highest BCUT2D eigenvalue weighted by Crippen LogP contribution is 2.20. The molecular formula is C12H17N5O3. The zero-order valence-corrected chi connectivity index (χ0v) is 11.6. The van der Waals surface area contributed by atoms with Crippen LogP contribution >= 0.6 is 0 Å². The normalized spacial score (nSPS) is 18.9. The predicted molar refractivity (Wildman–Crippen MR) is 72.2 cm³/mol. The molecule has 0 aliphatic carbocycles. The number of nitrogens with one attached hydrogen (secondary N) is 2. The standard InChI is InChI=1S/C12H17N5O3/c1-7-12(19)16-11(18)5-17(7)10-4-8(13-2)14-9(15-10)6-20-3/h4,7H,5-6H2,1-3H3,(H,13,14,15)(H,16,18,19). The number of piperazine rings is 1. The second-order valence-corrected chi connectivity index (χ2v) is 4.43. The van der Waals surface area contributed by atoms with Crippen LogP contribution in [0, 0.1) is 0 Å². The monoisotopic (exact) mass is 279 g/mol. The summed E-state index contributed by atoms with van der Waals surface area (Å²) in [7, 11) is 3.29. The minimum Gasteiger partial charge on any atom is -0.377 e. The number of aromatic nitrogens is 2. The molecule has 108 valence electrons. The summed E-state index contributed by atoms with van der Waals surface area (Å²) in [6.07, 6.45) is 0. The first-order valence-corrected chi connectivity index (χ1v) is 6.20. The summed E-state index contributed by atoms with van der Waals surface area (Å²) in [5, 5.41) is 5.22. The Morgan fingerprint density at radius 2 is 2.25 bits per heavy atom. The Bertz CT molecular complexity index is 534. The lowest BCUT2D eigenvalue weighted by Gasteiger charge is -2.32. The van der Waals surface area contributed by atoms with E-state index in [-0.39, 0.29) is 25.0 Å². The van der Waals surface area contributed by atoms with Gasteiger partial charge >= 0.3 is 0 Å². The van der Waals surface area contributed by atoms with E-state index >= 15 is 0 Å². The maximum atomic E-state index is 11.7. The van der Waals surface area contributed by atoms with Crippen molar-refractivity contribution in [3.05, 3.63) is 11.9 Å². The molecule has 2 amide bonds. The number of carbonyl (C=O) groups is 2. The van der Waals surface area contributed by atoms with Crippen LogP contribution in [-0.2, 0) is 20.9 Å². The topological polar surface area (TPSA) is 96.5 Å². The molecule has 0 bridgehead atoms. The Labute approximate surface area is 116 Å². The molecule has 8 heteroatoms. The third-order valence-corrected chi connectivity index (χ3v) is 3.01. The minimum atomic E-state index is -0.470. The van der Waals surface area contributed by atoms with E-state index in [2.05, 4.69) is 20.6 Å². The molecular weight excluding hydrogens is 262 g/mol. The van der Waals surface area contributed by atoms with Crippen LogP contribution in [0.3, 0.4) is 0 Å². The Hall–Kier alpha value is -2.22. The number of anilines is 2. The van der Waals surface area contributed by atoms with Crippen LogP contribution in [0.1, 0.15) is 12.7 Å². The molecule has 1 saturated heterocycles. The van der Waals surface area contributed by atoms with Crippen molar-refractivity contribution in [3.8, 4) is 0 Å². The zero-order chi connectivity index (χ0) is 14.7. The molecule has 1 aliphatic heterocycles. The van der Waals surface area contributed by atoms with Crippen LogP contribution in [0.2, 0.25) is 0 Å². The van der Waals surface area contributed by atoms with Crippen LogP contribution in [0.15, 0.2) is 6.07 Å². The van der Waals surface area contributed by atoms with E-state index in [0.29, 0.717) is 17.5 Å². The van der Waals surface area contributed by atoms with Crippen LogP contribution in [-0.4, -0.2) is 48.5 Å². The largest absolute Gasteiger partial charge is 0.377 e. The summed E-state index contributed by atoms with van der Waals surface area (Å²) in [4.78, 5) is 33.4. The number of carbonyl (C=O) groups excluding carboxylic acids is 2. The second-order valence-electron chi connectivity index (χ2n) is 4.43. The smallest absolute Gasteiger partial charge is 0.249 e. The number of amides is 2. The molecule has 20 heavy (non-hydrogen) atoms. The van der Waals surface area contributed by atoms with Crippen LogP contribution < -0.4 is 15.5 Å². The van der Waals surface area contributed by atoms with Gasteiger partial charge < -0.3 is 15.0 Å². The molecule has 1 atom stereocenters. The van der Waals surface area contributed by atoms with Gasteiger partial charge in [-0.3, -0.25) is 14.9 Å². The first kappa shape index (κ1) is 14.2. The molecule has 2 heterocycles. The molecule has 0 radical (unpaired) electrons. The van der Waals surface area contributed by atoms with E-state index in [1.165, 1.54) is 0 Å². The van der Waals surface area contributed by atoms with Gasteiger partial charge in [0.25, 0.3) is 0 Å². The Morgan fingerprint density at radius 3 is 2.90 bits per heavy atom. The highest BCUT2D eigenvalue weighted by atomic mass is 16.5. The van der Waals surface area contributed by atoms with Crippen molar-refractivity contribution in [2.45, 2.75) is 19.6 Å². The average Bonchev–Trinajstić information content (AvgIpc) is 2.42. The van der Waals surface area contributed by atoms with Crippen molar-refractivity contribution >= 4 is 23.5 Å². The van der Waals surface area contributed by atoms with E-state index in [9.17, 15) is 9.59 Å². The second kappa shape index (κ2) is 5.83. The number of hydrogen-bond donors (Lipinski definition) is 2. The lowest BCUT2D eigenvalue weighted by Crippen LogP contribution is -2.57. The van der Waals surface area contributed by atoms with Gasteiger partial charge in [0.2, 0.25) is 11.8 Å². The molecule has 1 aromatic heterocycles. The molecule has 1 aromatic rings. The van der Waals surface area contributed by atoms with Gasteiger partial charge in [0.05, 0.1) is 6.54 Å². The van der Waals surface area contributed by atoms with Crippen molar-refractivity contribution in [1.82, 2.24) is 15.3 Å². The van der Waals surface area contributed by atoms with Gasteiger partial charge in [-0.15, -0.1) is 0 Å². The van der Waals surface area contributed by atoms with Crippen LogP contribution in [0.5, 0.6) is 0 Å². The third-order valence-electron chi connectivity index (χ3n) is 3.01. The van der Waals surface area contributed by atoms with Gasteiger partial charge in [0.1, 0.15) is 24.3 Å². The van der Waals surface area contributed by atoms with Crippen molar-refractivity contribution < 1.29 is 14.3 Å². The van der Waals surface area contributed by atoms with Crippen molar-refractivity contribution in [2.75, 3.05) is 30.9 Å². The summed E-state index contributed by atoms with van der Waals surface area (Å²) in [6.45, 7) is 2.06. The Kier molecular flexibility index (Phi) is 4.14. The fourth-order valence-electron chi connectivity index (χ4n) is 1.95. The van der Waals surface area contributed by atoms with Crippen molar-refractivity contribution in [1.29, 1.82) is 0 Å². The quantitative estimate of drug-likeness (QED) is 0.718. The highest BCUT2D eigenvalue weighted by molar-refractivity contribution is 6.04. The zero-order valence-electron chi connectivity index (χ0n) is 11.6. The van der Waals surface area contributed by atoms with E-state index in [1.807, 2.05) is 0 Å². The van der Waals surface area contributed by atoms with Gasteiger partial charge in [0, 0.05) is 20.2 Å². The first-order chi connectivity index (χ1) is 9.55. The molecule has 1 fully saturated rings. The third kappa shape index (κ3) is 2.85. The van der Waals surface area contributed by atoms with Crippen LogP contribution in [0.25, 0.3) is 0 Å². The highest BCUT2D eigenvalue weighted by Gasteiger charge is 2.31. The molecule has 2 N–H and O–H groups in total. The molecule has 1 aliphatic rings. The first-order valence-electron chi connectivity index (χ1n) is 6.20. The number of hydrogen-bond acceptors (Lipinski definition) is 7. The van der Waals surface area contributed by atoms with E-state index in [0.717, 1.165) is 0 Å². The molecule has 8 nitrogen and oxygen atoms in total. The summed E-state index contributed by atoms with van der Waals surface area (Å²) in [6, 6.07) is 1.23. The number of methoxy groups -OCH3 is 1. The van der Waals surface area contributed by atoms with Crippen molar-refractivity contribution in [2.24, 2.45) is 0 Å². The predicted octanol–water partition coefficient (Wildman–Crippen LogP) is -0.484. The summed E-state index contributed by atoms with van der Waals surface area (Å²) in [5.74, 6) is 0.935. The summed E-state index contributed by atoms with van der Waals surface area (Å²) < 4.78 is 5.02. The molecule has 0 saturated carbocycles. The van der Waals surface area contributed by atoms with Crippen molar-refractivity contribution in [3.63, 3.8) is 0 Å². The number of rotatable bonds is 4. The molecule has 2 rings (SSSR count). The van der Waals surface area contributed by atoms with E-state index in [4.69, 9.17) is 4.74 Å². The summed E-state index contributed by atoms with van der Waals surface area (Å²) >= 11 is 0. The van der Waals surface area contributed by atoms with Gasteiger partial charge in [-0.2, -0.15) is 0 Å². The fourth-order valence-corrected chi connectivity index (χ4v) is 1.95. The van der Waals surface area contributed by atoms with Gasteiger partial charge in [-0.05, 0) is 6.92 Å². The fraction of sp³-hybridized carbons (Fsp3) is 0.500. The Balaban J connectivity index is 2.36. The SMILES string of the molecule is CNc1cc(N2CC(=O)NC(=O)C2C)nc(COC)n1. The molecule has 1 unspecified atom stereocenters. The van der Waals surface area contributed by atoms with Gasteiger partial charge in [-0.1, -0.05) is 0 Å². The number of imide groups is 1. The Morgan fingerprint density at radius 1 is 1.50 bits per heavy atom. The van der Waals surface area contributed by atoms with Gasteiger partial charge in [0.15, 0.2) is 5.82 Å². The van der Waals surface area contributed by atoms with E-state index in [1.54, 1.807) is 32.0 Å². The molecule has 0 spiro atoms. The lowest BCUT2D eigenvalue weighted by atomic mass is 10.2. The molecule has 0 aromatic carbocycles. The number of ether oxygens (including phenoxy) is 1. The average molecular weight is 279 g/mol. The van der Waals surface area contributed by atoms with Crippen LogP contribution in [0.4, 0.5) is 11.6 Å². The van der Waals surface area contributed by atoms with Gasteiger partial charge in [-0.25, -0.2) is 9.97 Å². The van der Waals surface area contributed by atoms with E-state index < -0.39 is 6.04 Å².